The summed E-state index contributed by atoms with van der Waals surface area (Å²) in [5.74, 6) is 0. The second kappa shape index (κ2) is 13.6. The van der Waals surface area contributed by atoms with Gasteiger partial charge in [-0.15, -0.1) is 0 Å². The number of nitrogens with one attached hydrogen (secondary N) is 2. The minimum absolute atomic E-state index is 0.264. The highest BCUT2D eigenvalue weighted by atomic mass is 32.2. The Balaban J connectivity index is 0.00000154. The van der Waals surface area contributed by atoms with Gasteiger partial charge in [-0.3, -0.25) is 4.79 Å². The average molecular weight is 433 g/mol. The fourth-order valence-electron chi connectivity index (χ4n) is 2.54. The van der Waals surface area contributed by atoms with E-state index in [-0.39, 0.29) is 4.90 Å². The highest BCUT2D eigenvalue weighted by Gasteiger charge is 2.11. The van der Waals surface area contributed by atoms with E-state index in [4.69, 9.17) is 0 Å². The van der Waals surface area contributed by atoms with E-state index in [0.717, 1.165) is 29.2 Å². The maximum atomic E-state index is 11.7. The van der Waals surface area contributed by atoms with E-state index in [1.54, 1.807) is 31.3 Å². The number of hydrogen-bond donors (Lipinski definition) is 2. The first kappa shape index (κ1) is 27.4. The fraction of sp³-hybridized carbons (Fsp3) is 0.375. The fourth-order valence-corrected chi connectivity index (χ4v) is 3.19. The molecule has 30 heavy (non-hydrogen) atoms. The smallest absolute Gasteiger partial charge is 0.175 e. The SMILES string of the molecule is C=C(NC)C(=C\CC)/C(C=O)=C/c1cc2cc(S(C)(=O)=O)ccc2[nH]1.CC.CCC. The Hall–Kier alpha value is -2.60. The molecule has 0 aliphatic rings. The van der Waals surface area contributed by atoms with Crippen LogP contribution in [0.1, 0.15) is 53.2 Å². The number of aromatic nitrogens is 1. The first-order valence-corrected chi connectivity index (χ1v) is 12.2. The molecule has 0 radical (unpaired) electrons. The van der Waals surface area contributed by atoms with Gasteiger partial charge in [0.2, 0.25) is 0 Å². The molecule has 6 heteroatoms. The summed E-state index contributed by atoms with van der Waals surface area (Å²) >= 11 is 0. The maximum Gasteiger partial charge on any atom is 0.175 e. The lowest BCUT2D eigenvalue weighted by Crippen LogP contribution is -2.09. The minimum Gasteiger partial charge on any atom is -0.388 e. The third kappa shape index (κ3) is 8.03. The number of likely N-dealkylation sites (N-methyl/N-ethyl adjacent to an activating group) is 1. The van der Waals surface area contributed by atoms with Crippen molar-refractivity contribution in [2.45, 2.75) is 52.4 Å². The summed E-state index contributed by atoms with van der Waals surface area (Å²) in [4.78, 5) is 15.0. The zero-order valence-electron chi connectivity index (χ0n) is 19.3. The maximum absolute atomic E-state index is 11.7. The molecule has 0 bridgehead atoms. The first-order valence-electron chi connectivity index (χ1n) is 10.3. The summed E-state index contributed by atoms with van der Waals surface area (Å²) in [5.41, 5.74) is 3.42. The highest BCUT2D eigenvalue weighted by Crippen LogP contribution is 2.23. The molecular formula is C24H36N2O3S. The van der Waals surface area contributed by atoms with Gasteiger partial charge in [-0.25, -0.2) is 8.42 Å². The van der Waals surface area contributed by atoms with E-state index < -0.39 is 9.84 Å². The van der Waals surface area contributed by atoms with Crippen LogP contribution in [0.15, 0.2) is 58.7 Å². The number of rotatable bonds is 7. The van der Waals surface area contributed by atoms with Crippen molar-refractivity contribution in [2.75, 3.05) is 13.3 Å². The molecule has 0 saturated carbocycles. The molecule has 5 nitrogen and oxygen atoms in total. The molecule has 1 aromatic heterocycles. The number of benzene rings is 1. The van der Waals surface area contributed by atoms with Gasteiger partial charge in [0.25, 0.3) is 0 Å². The molecule has 0 unspecified atom stereocenters. The molecule has 166 valence electrons. The van der Waals surface area contributed by atoms with Crippen molar-refractivity contribution in [2.24, 2.45) is 0 Å². The lowest BCUT2D eigenvalue weighted by atomic mass is 10.0. The van der Waals surface area contributed by atoms with Crippen molar-refractivity contribution in [3.8, 4) is 0 Å². The van der Waals surface area contributed by atoms with Crippen LogP contribution in [0.4, 0.5) is 0 Å². The monoisotopic (exact) mass is 432 g/mol. The average Bonchev–Trinajstić information content (AvgIpc) is 3.13. The first-order chi connectivity index (χ1) is 14.2. The molecule has 0 atom stereocenters. The van der Waals surface area contributed by atoms with Crippen LogP contribution in [0.3, 0.4) is 0 Å². The van der Waals surface area contributed by atoms with Crippen LogP contribution >= 0.6 is 0 Å². The number of carbonyl (C=O) groups is 1. The lowest BCUT2D eigenvalue weighted by molar-refractivity contribution is -0.104. The molecular weight excluding hydrogens is 396 g/mol. The highest BCUT2D eigenvalue weighted by molar-refractivity contribution is 7.90. The molecule has 0 spiro atoms. The van der Waals surface area contributed by atoms with Gasteiger partial charge in [0.1, 0.15) is 0 Å². The molecule has 1 heterocycles. The molecule has 2 aromatic rings. The predicted octanol–water partition coefficient (Wildman–Crippen LogP) is 5.67. The topological polar surface area (TPSA) is 79.0 Å². The van der Waals surface area contributed by atoms with Crippen LogP contribution in [0, 0.1) is 0 Å². The summed E-state index contributed by atoms with van der Waals surface area (Å²) in [6.07, 6.45) is 7.65. The molecule has 0 fully saturated rings. The number of aldehydes is 1. The van der Waals surface area contributed by atoms with E-state index in [0.29, 0.717) is 17.0 Å². The Labute approximate surface area is 181 Å². The largest absolute Gasteiger partial charge is 0.388 e. The Morgan fingerprint density at radius 3 is 2.23 bits per heavy atom. The van der Waals surface area contributed by atoms with Gasteiger partial charge in [0.05, 0.1) is 4.90 Å². The van der Waals surface area contributed by atoms with Gasteiger partial charge < -0.3 is 10.3 Å². The Morgan fingerprint density at radius 2 is 1.77 bits per heavy atom. The normalized spacial score (nSPS) is 11.7. The molecule has 0 aliphatic carbocycles. The van der Waals surface area contributed by atoms with Crippen LogP contribution in [-0.2, 0) is 14.6 Å². The van der Waals surface area contributed by atoms with Crippen LogP contribution in [-0.4, -0.2) is 33.0 Å². The van der Waals surface area contributed by atoms with Gasteiger partial charge in [0.15, 0.2) is 16.1 Å². The lowest BCUT2D eigenvalue weighted by Gasteiger charge is -2.10. The third-order valence-corrected chi connectivity index (χ3v) is 4.94. The Bertz CT molecular complexity index is 997. The number of sulfone groups is 1. The number of allylic oxidation sites excluding steroid dienone is 2. The molecule has 0 amide bonds. The third-order valence-electron chi connectivity index (χ3n) is 3.83. The second-order valence-electron chi connectivity index (χ2n) is 6.43. The number of H-pyrrole nitrogens is 1. The van der Waals surface area contributed by atoms with E-state index in [1.807, 2.05) is 32.9 Å². The summed E-state index contributed by atoms with van der Waals surface area (Å²) in [7, 11) is -1.51. The van der Waals surface area contributed by atoms with E-state index in [9.17, 15) is 13.2 Å². The van der Waals surface area contributed by atoms with Gasteiger partial charge in [0, 0.05) is 46.7 Å². The molecule has 1 aromatic carbocycles. The summed E-state index contributed by atoms with van der Waals surface area (Å²) < 4.78 is 23.4. The standard InChI is InChI=1S/C19H22N2O3S.C3H8.C2H6/c1-5-6-18(13(2)20-3)15(12-22)10-16-9-14-11-17(25(4,23)24)7-8-19(14)21-16;1-3-2;1-2/h6-12,20-21H,2,5H2,1,3-4H3;3H2,1-2H3;1-2H3/b15-10+,18-6+;;. The number of aromatic amines is 1. The van der Waals surface area contributed by atoms with Crippen molar-refractivity contribution in [3.63, 3.8) is 0 Å². The number of hydrogen-bond acceptors (Lipinski definition) is 4. The van der Waals surface area contributed by atoms with Crippen molar-refractivity contribution in [1.29, 1.82) is 0 Å². The molecule has 0 aliphatic heterocycles. The van der Waals surface area contributed by atoms with E-state index in [1.165, 1.54) is 12.7 Å². The summed E-state index contributed by atoms with van der Waals surface area (Å²) in [5, 5.41) is 3.73. The zero-order valence-corrected chi connectivity index (χ0v) is 20.1. The number of carbonyl (C=O) groups excluding carboxylic acids is 1. The number of fused-ring (bicyclic) bond motifs is 1. The molecule has 2 N–H and O–H groups in total. The van der Waals surface area contributed by atoms with Crippen LogP contribution < -0.4 is 5.32 Å². The van der Waals surface area contributed by atoms with Gasteiger partial charge in [-0.1, -0.05) is 53.7 Å². The van der Waals surface area contributed by atoms with Crippen molar-refractivity contribution >= 4 is 33.1 Å². The second-order valence-corrected chi connectivity index (χ2v) is 8.44. The van der Waals surface area contributed by atoms with Crippen molar-refractivity contribution < 1.29 is 13.2 Å². The van der Waals surface area contributed by atoms with E-state index >= 15 is 0 Å². The van der Waals surface area contributed by atoms with Gasteiger partial charge in [-0.05, 0) is 36.8 Å². The Kier molecular flexibility index (Phi) is 12.4. The Morgan fingerprint density at radius 1 is 1.17 bits per heavy atom. The zero-order chi connectivity index (χ0) is 23.3. The van der Waals surface area contributed by atoms with E-state index in [2.05, 4.69) is 30.7 Å². The summed E-state index contributed by atoms with van der Waals surface area (Å²) in [6, 6.07) is 6.72. The van der Waals surface area contributed by atoms with Gasteiger partial charge >= 0.3 is 0 Å². The quantitative estimate of drug-likeness (QED) is 0.336. The predicted molar refractivity (Wildman–Crippen MR) is 129 cm³/mol. The van der Waals surface area contributed by atoms with Crippen LogP contribution in [0.5, 0.6) is 0 Å². The molecule has 2 rings (SSSR count). The van der Waals surface area contributed by atoms with Gasteiger partial charge in [-0.2, -0.15) is 0 Å². The van der Waals surface area contributed by atoms with Crippen LogP contribution in [0.25, 0.3) is 17.0 Å². The van der Waals surface area contributed by atoms with Crippen LogP contribution in [0.2, 0.25) is 0 Å². The van der Waals surface area contributed by atoms with Crippen molar-refractivity contribution in [1.82, 2.24) is 10.3 Å². The molecule has 0 saturated heterocycles. The summed E-state index contributed by atoms with van der Waals surface area (Å²) in [6.45, 7) is 14.2. The van der Waals surface area contributed by atoms with Crippen molar-refractivity contribution in [3.05, 3.63) is 59.5 Å². The minimum atomic E-state index is -3.26.